The summed E-state index contributed by atoms with van der Waals surface area (Å²) in [4.78, 5) is 5.03. The molecule has 0 aliphatic carbocycles. The van der Waals surface area contributed by atoms with E-state index in [0.717, 1.165) is 37.7 Å². The first-order chi connectivity index (χ1) is 11.6. The summed E-state index contributed by atoms with van der Waals surface area (Å²) in [7, 11) is 1.68. The van der Waals surface area contributed by atoms with E-state index in [9.17, 15) is 0 Å². The molecule has 1 aromatic rings. The van der Waals surface area contributed by atoms with Crippen LogP contribution < -0.4 is 15.2 Å². The number of rotatable bonds is 8. The standard InChI is InChI=1S/C19H33N3O2/c1-5-8-21-9-11-22(12-10-21)17(14-20)16-6-7-18(23-4)19(13-16)24-15(2)3/h6-7,13,15,17H,5,8-12,14,20H2,1-4H3. The van der Waals surface area contributed by atoms with Gasteiger partial charge in [0.05, 0.1) is 13.2 Å². The Morgan fingerprint density at radius 3 is 2.38 bits per heavy atom. The quantitative estimate of drug-likeness (QED) is 0.791. The molecule has 1 aliphatic rings. The molecule has 1 heterocycles. The van der Waals surface area contributed by atoms with E-state index in [-0.39, 0.29) is 12.1 Å². The van der Waals surface area contributed by atoms with Crippen molar-refractivity contribution in [1.29, 1.82) is 0 Å². The van der Waals surface area contributed by atoms with E-state index in [1.54, 1.807) is 7.11 Å². The van der Waals surface area contributed by atoms with Crippen LogP contribution in [0.4, 0.5) is 0 Å². The fourth-order valence-electron chi connectivity index (χ4n) is 3.36. The number of benzene rings is 1. The van der Waals surface area contributed by atoms with Gasteiger partial charge < -0.3 is 20.1 Å². The van der Waals surface area contributed by atoms with E-state index < -0.39 is 0 Å². The minimum atomic E-state index is 0.114. The largest absolute Gasteiger partial charge is 0.493 e. The van der Waals surface area contributed by atoms with Crippen LogP contribution >= 0.6 is 0 Å². The number of hydrogen-bond acceptors (Lipinski definition) is 5. The first-order valence-corrected chi connectivity index (χ1v) is 9.10. The Morgan fingerprint density at radius 2 is 1.83 bits per heavy atom. The van der Waals surface area contributed by atoms with Crippen molar-refractivity contribution in [2.75, 3.05) is 46.4 Å². The van der Waals surface area contributed by atoms with Crippen LogP contribution in [0.15, 0.2) is 18.2 Å². The van der Waals surface area contributed by atoms with E-state index in [4.69, 9.17) is 15.2 Å². The monoisotopic (exact) mass is 335 g/mol. The van der Waals surface area contributed by atoms with Crippen molar-refractivity contribution < 1.29 is 9.47 Å². The zero-order chi connectivity index (χ0) is 17.5. The number of hydrogen-bond donors (Lipinski definition) is 1. The van der Waals surface area contributed by atoms with Crippen molar-refractivity contribution in [3.63, 3.8) is 0 Å². The molecule has 24 heavy (non-hydrogen) atoms. The fraction of sp³-hybridized carbons (Fsp3) is 0.684. The lowest BCUT2D eigenvalue weighted by Gasteiger charge is -2.39. The zero-order valence-corrected chi connectivity index (χ0v) is 15.6. The summed E-state index contributed by atoms with van der Waals surface area (Å²) in [6.07, 6.45) is 1.33. The molecule has 0 bridgehead atoms. The van der Waals surface area contributed by atoms with E-state index in [1.165, 1.54) is 18.5 Å². The van der Waals surface area contributed by atoms with Crippen molar-refractivity contribution in [1.82, 2.24) is 9.80 Å². The molecule has 0 radical (unpaired) electrons. The average Bonchev–Trinajstić information content (AvgIpc) is 2.57. The van der Waals surface area contributed by atoms with E-state index in [2.05, 4.69) is 28.9 Å². The predicted molar refractivity (Wildman–Crippen MR) is 98.9 cm³/mol. The second-order valence-electron chi connectivity index (χ2n) is 6.71. The fourth-order valence-corrected chi connectivity index (χ4v) is 3.36. The van der Waals surface area contributed by atoms with Gasteiger partial charge in [-0.05, 0) is 44.5 Å². The average molecular weight is 335 g/mol. The normalized spacial score (nSPS) is 17.9. The molecule has 5 heteroatoms. The van der Waals surface area contributed by atoms with Crippen molar-refractivity contribution in [3.05, 3.63) is 23.8 Å². The molecule has 0 saturated carbocycles. The molecule has 2 N–H and O–H groups in total. The van der Waals surface area contributed by atoms with Crippen LogP contribution in [0.3, 0.4) is 0 Å². The Hall–Kier alpha value is -1.30. The lowest BCUT2D eigenvalue weighted by atomic mass is 10.0. The smallest absolute Gasteiger partial charge is 0.161 e. The van der Waals surface area contributed by atoms with Gasteiger partial charge in [-0.2, -0.15) is 0 Å². The molecule has 2 rings (SSSR count). The highest BCUT2D eigenvalue weighted by Gasteiger charge is 2.24. The van der Waals surface area contributed by atoms with Crippen LogP contribution in [0, 0.1) is 0 Å². The summed E-state index contributed by atoms with van der Waals surface area (Å²) in [5, 5.41) is 0. The highest BCUT2D eigenvalue weighted by molar-refractivity contribution is 5.44. The minimum absolute atomic E-state index is 0.114. The Balaban J connectivity index is 2.12. The lowest BCUT2D eigenvalue weighted by Crippen LogP contribution is -2.49. The SMILES string of the molecule is CCCN1CCN(C(CN)c2ccc(OC)c(OC(C)C)c2)CC1. The maximum Gasteiger partial charge on any atom is 0.161 e. The molecular weight excluding hydrogens is 302 g/mol. The number of nitrogens with two attached hydrogens (primary N) is 1. The van der Waals surface area contributed by atoms with Crippen LogP contribution in [0.1, 0.15) is 38.8 Å². The van der Waals surface area contributed by atoms with Crippen molar-refractivity contribution in [2.45, 2.75) is 39.3 Å². The molecule has 1 atom stereocenters. The molecule has 1 unspecified atom stereocenters. The van der Waals surface area contributed by atoms with Crippen molar-refractivity contribution >= 4 is 0 Å². The second-order valence-corrected chi connectivity index (χ2v) is 6.71. The highest BCUT2D eigenvalue weighted by Crippen LogP contribution is 2.33. The topological polar surface area (TPSA) is 51.0 Å². The number of methoxy groups -OCH3 is 1. The summed E-state index contributed by atoms with van der Waals surface area (Å²) in [6, 6.07) is 6.42. The van der Waals surface area contributed by atoms with Gasteiger partial charge in [0.15, 0.2) is 11.5 Å². The highest BCUT2D eigenvalue weighted by atomic mass is 16.5. The molecule has 1 fully saturated rings. The molecule has 1 saturated heterocycles. The first kappa shape index (κ1) is 19.0. The van der Waals surface area contributed by atoms with Gasteiger partial charge >= 0.3 is 0 Å². The van der Waals surface area contributed by atoms with Gasteiger partial charge in [0, 0.05) is 38.8 Å². The molecule has 0 amide bonds. The van der Waals surface area contributed by atoms with Crippen molar-refractivity contribution in [3.8, 4) is 11.5 Å². The molecule has 5 nitrogen and oxygen atoms in total. The minimum Gasteiger partial charge on any atom is -0.493 e. The summed E-state index contributed by atoms with van der Waals surface area (Å²) in [6.45, 7) is 12.5. The number of ether oxygens (including phenoxy) is 2. The second kappa shape index (κ2) is 9.25. The Kier molecular flexibility index (Phi) is 7.34. The Labute approximate surface area is 146 Å². The number of nitrogens with zero attached hydrogens (tertiary/aromatic N) is 2. The van der Waals surface area contributed by atoms with Gasteiger partial charge in [0.1, 0.15) is 0 Å². The Bertz CT molecular complexity index is 499. The van der Waals surface area contributed by atoms with Gasteiger partial charge in [-0.1, -0.05) is 13.0 Å². The third kappa shape index (κ3) is 4.85. The third-order valence-electron chi connectivity index (χ3n) is 4.55. The Morgan fingerprint density at radius 1 is 1.12 bits per heavy atom. The van der Waals surface area contributed by atoms with E-state index in [0.29, 0.717) is 6.54 Å². The zero-order valence-electron chi connectivity index (χ0n) is 15.6. The molecule has 0 spiro atoms. The van der Waals surface area contributed by atoms with Crippen LogP contribution in [0.2, 0.25) is 0 Å². The summed E-state index contributed by atoms with van der Waals surface area (Å²) in [5.41, 5.74) is 7.33. The first-order valence-electron chi connectivity index (χ1n) is 9.10. The van der Waals surface area contributed by atoms with E-state index in [1.807, 2.05) is 19.9 Å². The predicted octanol–water partition coefficient (Wildman–Crippen LogP) is 2.51. The van der Waals surface area contributed by atoms with Crippen LogP contribution in [-0.2, 0) is 0 Å². The third-order valence-corrected chi connectivity index (χ3v) is 4.55. The molecular formula is C19H33N3O2. The van der Waals surface area contributed by atoms with Gasteiger partial charge in [-0.3, -0.25) is 4.90 Å². The van der Waals surface area contributed by atoms with Crippen LogP contribution in [-0.4, -0.2) is 62.3 Å². The maximum absolute atomic E-state index is 6.12. The molecule has 1 aromatic carbocycles. The summed E-state index contributed by atoms with van der Waals surface area (Å²) < 4.78 is 11.3. The van der Waals surface area contributed by atoms with E-state index >= 15 is 0 Å². The van der Waals surface area contributed by atoms with Crippen molar-refractivity contribution in [2.24, 2.45) is 5.73 Å². The van der Waals surface area contributed by atoms with Gasteiger partial charge in [0.2, 0.25) is 0 Å². The number of piperazine rings is 1. The molecule has 1 aliphatic heterocycles. The molecule has 136 valence electrons. The van der Waals surface area contributed by atoms with Gasteiger partial charge in [0.25, 0.3) is 0 Å². The van der Waals surface area contributed by atoms with Gasteiger partial charge in [-0.15, -0.1) is 0 Å². The molecule has 0 aromatic heterocycles. The van der Waals surface area contributed by atoms with Crippen LogP contribution in [0.25, 0.3) is 0 Å². The summed E-state index contributed by atoms with van der Waals surface area (Å²) >= 11 is 0. The maximum atomic E-state index is 6.12. The lowest BCUT2D eigenvalue weighted by molar-refractivity contribution is 0.0983. The van der Waals surface area contributed by atoms with Gasteiger partial charge in [-0.25, -0.2) is 0 Å². The summed E-state index contributed by atoms with van der Waals surface area (Å²) in [5.74, 6) is 1.57. The van der Waals surface area contributed by atoms with Crippen LogP contribution in [0.5, 0.6) is 11.5 Å².